The number of hydrogen-bond donors (Lipinski definition) is 3. The molecule has 1 heterocycles. The standard InChI is InChI=1S/C10H10N2O5S/c13-9-4-6-3-7(1-2-8(6)12-9)18(16,17)11-5-10(14)15/h1-3,11H,4-5H2,(H,12,13)(H,14,15). The van der Waals surface area contributed by atoms with Crippen molar-refractivity contribution in [3.05, 3.63) is 23.8 Å². The van der Waals surface area contributed by atoms with Gasteiger partial charge in [0.05, 0.1) is 11.3 Å². The van der Waals surface area contributed by atoms with Gasteiger partial charge in [-0.05, 0) is 23.8 Å². The van der Waals surface area contributed by atoms with Crippen molar-refractivity contribution in [3.8, 4) is 0 Å². The molecular weight excluding hydrogens is 260 g/mol. The Kier molecular flexibility index (Phi) is 3.05. The van der Waals surface area contributed by atoms with Crippen molar-refractivity contribution < 1.29 is 23.1 Å². The molecule has 0 fully saturated rings. The molecule has 96 valence electrons. The van der Waals surface area contributed by atoms with Crippen molar-refractivity contribution in [2.75, 3.05) is 11.9 Å². The summed E-state index contributed by atoms with van der Waals surface area (Å²) in [6.45, 7) is -0.684. The van der Waals surface area contributed by atoms with Gasteiger partial charge in [-0.25, -0.2) is 8.42 Å². The van der Waals surface area contributed by atoms with Gasteiger partial charge in [0.1, 0.15) is 6.54 Å². The maximum atomic E-state index is 11.7. The van der Waals surface area contributed by atoms with E-state index in [2.05, 4.69) is 5.32 Å². The summed E-state index contributed by atoms with van der Waals surface area (Å²) in [6.07, 6.45) is 0.123. The number of fused-ring (bicyclic) bond motifs is 1. The lowest BCUT2D eigenvalue weighted by Gasteiger charge is -2.06. The van der Waals surface area contributed by atoms with E-state index >= 15 is 0 Å². The van der Waals surface area contributed by atoms with Gasteiger partial charge in [-0.2, -0.15) is 4.72 Å². The van der Waals surface area contributed by atoms with Crippen LogP contribution in [0.2, 0.25) is 0 Å². The lowest BCUT2D eigenvalue weighted by molar-refractivity contribution is -0.135. The van der Waals surface area contributed by atoms with Crippen LogP contribution in [-0.2, 0) is 26.0 Å². The predicted molar refractivity (Wildman–Crippen MR) is 61.6 cm³/mol. The number of aliphatic carboxylic acids is 1. The van der Waals surface area contributed by atoms with Crippen molar-refractivity contribution in [2.45, 2.75) is 11.3 Å². The highest BCUT2D eigenvalue weighted by molar-refractivity contribution is 7.89. The van der Waals surface area contributed by atoms with E-state index in [-0.39, 0.29) is 17.2 Å². The van der Waals surface area contributed by atoms with Gasteiger partial charge in [0.25, 0.3) is 0 Å². The highest BCUT2D eigenvalue weighted by atomic mass is 32.2. The van der Waals surface area contributed by atoms with E-state index in [1.54, 1.807) is 0 Å². The summed E-state index contributed by atoms with van der Waals surface area (Å²) in [7, 11) is -3.86. The quantitative estimate of drug-likeness (QED) is 0.685. The first-order chi connectivity index (χ1) is 8.38. The smallest absolute Gasteiger partial charge is 0.318 e. The summed E-state index contributed by atoms with van der Waals surface area (Å²) in [5, 5.41) is 11.0. The van der Waals surface area contributed by atoms with E-state index in [1.165, 1.54) is 18.2 Å². The van der Waals surface area contributed by atoms with E-state index in [0.29, 0.717) is 11.3 Å². The molecule has 7 nitrogen and oxygen atoms in total. The third-order valence-electron chi connectivity index (χ3n) is 2.43. The maximum absolute atomic E-state index is 11.7. The van der Waals surface area contributed by atoms with E-state index in [9.17, 15) is 18.0 Å². The van der Waals surface area contributed by atoms with E-state index in [0.717, 1.165) is 0 Å². The lowest BCUT2D eigenvalue weighted by atomic mass is 10.2. The van der Waals surface area contributed by atoms with Crippen molar-refractivity contribution in [1.82, 2.24) is 4.72 Å². The third kappa shape index (κ3) is 2.49. The Hall–Kier alpha value is -1.93. The summed E-state index contributed by atoms with van der Waals surface area (Å²) >= 11 is 0. The zero-order valence-corrected chi connectivity index (χ0v) is 9.95. The topological polar surface area (TPSA) is 113 Å². The minimum absolute atomic E-state index is 0.0565. The molecule has 8 heteroatoms. The van der Waals surface area contributed by atoms with Gasteiger partial charge in [0, 0.05) is 5.69 Å². The largest absolute Gasteiger partial charge is 0.480 e. The van der Waals surface area contributed by atoms with Gasteiger partial charge in [-0.3, -0.25) is 9.59 Å². The van der Waals surface area contributed by atoms with Gasteiger partial charge in [-0.15, -0.1) is 0 Å². The Bertz CT molecular complexity index is 623. The number of hydrogen-bond acceptors (Lipinski definition) is 4. The summed E-state index contributed by atoms with van der Waals surface area (Å²) in [5.74, 6) is -1.46. The molecule has 0 atom stereocenters. The predicted octanol–water partition coefficient (Wildman–Crippen LogP) is -0.456. The zero-order valence-electron chi connectivity index (χ0n) is 9.13. The van der Waals surface area contributed by atoms with Crippen LogP contribution in [0.1, 0.15) is 5.56 Å². The average molecular weight is 270 g/mol. The number of anilines is 1. The van der Waals surface area contributed by atoms with Crippen molar-refractivity contribution >= 4 is 27.6 Å². The summed E-state index contributed by atoms with van der Waals surface area (Å²) in [4.78, 5) is 21.4. The van der Waals surface area contributed by atoms with E-state index in [4.69, 9.17) is 5.11 Å². The van der Waals surface area contributed by atoms with Crippen LogP contribution in [0, 0.1) is 0 Å². The fourth-order valence-electron chi connectivity index (χ4n) is 1.61. The first-order valence-corrected chi connectivity index (χ1v) is 6.51. The van der Waals surface area contributed by atoms with Gasteiger partial charge in [-0.1, -0.05) is 0 Å². The normalized spacial score (nSPS) is 14.1. The molecule has 18 heavy (non-hydrogen) atoms. The number of rotatable bonds is 4. The Labute approximate surface area is 103 Å². The van der Waals surface area contributed by atoms with Gasteiger partial charge >= 0.3 is 5.97 Å². The van der Waals surface area contributed by atoms with Gasteiger partial charge in [0.2, 0.25) is 15.9 Å². The molecule has 0 saturated heterocycles. The van der Waals surface area contributed by atoms with Crippen LogP contribution in [0.5, 0.6) is 0 Å². The second-order valence-corrected chi connectivity index (χ2v) is 5.53. The first-order valence-electron chi connectivity index (χ1n) is 5.03. The second-order valence-electron chi connectivity index (χ2n) is 3.76. The number of carbonyl (C=O) groups is 2. The number of sulfonamides is 1. The van der Waals surface area contributed by atoms with Crippen LogP contribution in [0.25, 0.3) is 0 Å². The van der Waals surface area contributed by atoms with Crippen LogP contribution >= 0.6 is 0 Å². The molecule has 0 spiro atoms. The van der Waals surface area contributed by atoms with Crippen LogP contribution in [0.4, 0.5) is 5.69 Å². The molecule has 1 aromatic carbocycles. The minimum atomic E-state index is -3.86. The van der Waals surface area contributed by atoms with Crippen LogP contribution in [0.15, 0.2) is 23.1 Å². The monoisotopic (exact) mass is 270 g/mol. The van der Waals surface area contributed by atoms with Crippen molar-refractivity contribution in [3.63, 3.8) is 0 Å². The molecule has 2 rings (SSSR count). The Morgan fingerprint density at radius 3 is 2.83 bits per heavy atom. The van der Waals surface area contributed by atoms with E-state index < -0.39 is 22.5 Å². The number of carbonyl (C=O) groups excluding carboxylic acids is 1. The molecule has 0 bridgehead atoms. The highest BCUT2D eigenvalue weighted by Crippen LogP contribution is 2.25. The molecule has 0 aliphatic carbocycles. The summed E-state index contributed by atoms with van der Waals surface area (Å²) in [5.41, 5.74) is 1.16. The molecule has 0 aromatic heterocycles. The fourth-order valence-corrected chi connectivity index (χ4v) is 2.64. The number of benzene rings is 1. The SMILES string of the molecule is O=C(O)CNS(=O)(=O)c1ccc2c(c1)CC(=O)N2. The number of carboxylic acid groups (broad SMARTS) is 1. The molecule has 0 radical (unpaired) electrons. The zero-order chi connectivity index (χ0) is 13.3. The second kappa shape index (κ2) is 4.39. The molecule has 0 unspecified atom stereocenters. The average Bonchev–Trinajstić information content (AvgIpc) is 2.65. The Morgan fingerprint density at radius 1 is 1.44 bits per heavy atom. The van der Waals surface area contributed by atoms with Crippen molar-refractivity contribution in [2.24, 2.45) is 0 Å². The maximum Gasteiger partial charge on any atom is 0.318 e. The van der Waals surface area contributed by atoms with Gasteiger partial charge < -0.3 is 10.4 Å². The molecule has 1 aliphatic heterocycles. The van der Waals surface area contributed by atoms with Crippen LogP contribution in [-0.4, -0.2) is 31.9 Å². The summed E-state index contributed by atoms with van der Waals surface area (Å²) in [6, 6.07) is 4.15. The first kappa shape index (κ1) is 12.5. The number of amides is 1. The number of nitrogens with one attached hydrogen (secondary N) is 2. The molecule has 3 N–H and O–H groups in total. The molecule has 1 aliphatic rings. The summed E-state index contributed by atoms with van der Waals surface area (Å²) < 4.78 is 25.4. The molecule has 1 amide bonds. The highest BCUT2D eigenvalue weighted by Gasteiger charge is 2.22. The molecule has 1 aromatic rings. The number of carboxylic acids is 1. The van der Waals surface area contributed by atoms with Crippen molar-refractivity contribution in [1.29, 1.82) is 0 Å². The molecular formula is C10H10N2O5S. The fraction of sp³-hybridized carbons (Fsp3) is 0.200. The Balaban J connectivity index is 2.27. The van der Waals surface area contributed by atoms with E-state index in [1.807, 2.05) is 4.72 Å². The molecule has 0 saturated carbocycles. The van der Waals surface area contributed by atoms with Crippen LogP contribution in [0.3, 0.4) is 0 Å². The minimum Gasteiger partial charge on any atom is -0.480 e. The van der Waals surface area contributed by atoms with Gasteiger partial charge in [0.15, 0.2) is 0 Å². The lowest BCUT2D eigenvalue weighted by Crippen LogP contribution is -2.29. The van der Waals surface area contributed by atoms with Crippen LogP contribution < -0.4 is 10.0 Å². The third-order valence-corrected chi connectivity index (χ3v) is 3.82. The Morgan fingerprint density at radius 2 is 2.17 bits per heavy atom.